The lowest BCUT2D eigenvalue weighted by molar-refractivity contribution is -0.167. The average molecular weight is 1160 g/mol. The summed E-state index contributed by atoms with van der Waals surface area (Å²) in [4.78, 5) is 38.4. The summed E-state index contributed by atoms with van der Waals surface area (Å²) in [5.41, 5.74) is 0. The molecule has 0 spiro atoms. The van der Waals surface area contributed by atoms with Crippen LogP contribution in [0.15, 0.2) is 60.8 Å². The van der Waals surface area contributed by atoms with E-state index >= 15 is 0 Å². The SMILES string of the molecule is CC/C=C\C/C=C\C/C=C\C/C=C\CCCCCCCCCCCCCCC(=O)OC(COC(=O)CCCCCCC/C=C\CCCC)COC(=O)CCCCCCCCCCCCCCCCCCCCCCCCCCCCCCC. The zero-order valence-corrected chi connectivity index (χ0v) is 55.7. The first-order chi connectivity index (χ1) is 41.0. The second kappa shape index (κ2) is 71.6. The summed E-state index contributed by atoms with van der Waals surface area (Å²) in [6.07, 6.45) is 92.8. The molecule has 6 nitrogen and oxygen atoms in total. The minimum absolute atomic E-state index is 0.0731. The maximum absolute atomic E-state index is 13.0. The molecule has 0 aliphatic rings. The van der Waals surface area contributed by atoms with Gasteiger partial charge in [0, 0.05) is 19.3 Å². The van der Waals surface area contributed by atoms with Crippen molar-refractivity contribution >= 4 is 17.9 Å². The van der Waals surface area contributed by atoms with Crippen LogP contribution in [0.1, 0.15) is 393 Å². The Morgan fingerprint density at radius 1 is 0.253 bits per heavy atom. The van der Waals surface area contributed by atoms with Crippen molar-refractivity contribution in [2.45, 2.75) is 399 Å². The van der Waals surface area contributed by atoms with E-state index in [1.54, 1.807) is 0 Å². The predicted octanol–water partition coefficient (Wildman–Crippen LogP) is 25.5. The van der Waals surface area contributed by atoms with Crippen molar-refractivity contribution in [1.29, 1.82) is 0 Å². The van der Waals surface area contributed by atoms with E-state index in [-0.39, 0.29) is 31.1 Å². The third-order valence-electron chi connectivity index (χ3n) is 16.5. The van der Waals surface area contributed by atoms with E-state index in [9.17, 15) is 14.4 Å². The van der Waals surface area contributed by atoms with Gasteiger partial charge >= 0.3 is 17.9 Å². The van der Waals surface area contributed by atoms with Crippen LogP contribution in [0.25, 0.3) is 0 Å². The van der Waals surface area contributed by atoms with Crippen molar-refractivity contribution in [3.05, 3.63) is 60.8 Å². The molecule has 0 saturated heterocycles. The van der Waals surface area contributed by atoms with Crippen molar-refractivity contribution < 1.29 is 28.6 Å². The van der Waals surface area contributed by atoms with Crippen LogP contribution in [0, 0.1) is 0 Å². The number of unbranched alkanes of at least 4 members (excludes halogenated alkanes) is 47. The summed E-state index contributed by atoms with van der Waals surface area (Å²) in [6, 6.07) is 0. The number of hydrogen-bond donors (Lipinski definition) is 0. The highest BCUT2D eigenvalue weighted by Crippen LogP contribution is 2.19. The van der Waals surface area contributed by atoms with Gasteiger partial charge in [0.05, 0.1) is 0 Å². The Morgan fingerprint density at radius 2 is 0.482 bits per heavy atom. The van der Waals surface area contributed by atoms with E-state index in [0.717, 1.165) is 89.9 Å². The second-order valence-electron chi connectivity index (χ2n) is 24.8. The zero-order chi connectivity index (χ0) is 59.9. The summed E-state index contributed by atoms with van der Waals surface area (Å²) in [5, 5.41) is 0. The van der Waals surface area contributed by atoms with Crippen molar-refractivity contribution in [1.82, 2.24) is 0 Å². The maximum Gasteiger partial charge on any atom is 0.306 e. The molecule has 0 aliphatic carbocycles. The second-order valence-corrected chi connectivity index (χ2v) is 24.8. The number of carbonyl (C=O) groups is 3. The topological polar surface area (TPSA) is 78.9 Å². The Balaban J connectivity index is 4.15. The van der Waals surface area contributed by atoms with E-state index < -0.39 is 6.10 Å². The molecular formula is C77H140O6. The van der Waals surface area contributed by atoms with Gasteiger partial charge in [0.2, 0.25) is 0 Å². The van der Waals surface area contributed by atoms with Gasteiger partial charge in [-0.25, -0.2) is 0 Å². The normalized spacial score (nSPS) is 12.4. The van der Waals surface area contributed by atoms with Gasteiger partial charge in [-0.3, -0.25) is 14.4 Å². The lowest BCUT2D eigenvalue weighted by Crippen LogP contribution is -2.30. The molecule has 0 N–H and O–H groups in total. The van der Waals surface area contributed by atoms with Crippen LogP contribution in [0.5, 0.6) is 0 Å². The smallest absolute Gasteiger partial charge is 0.306 e. The van der Waals surface area contributed by atoms with Gasteiger partial charge in [-0.15, -0.1) is 0 Å². The van der Waals surface area contributed by atoms with E-state index in [1.807, 2.05) is 0 Å². The van der Waals surface area contributed by atoms with Crippen molar-refractivity contribution in [2.24, 2.45) is 0 Å². The third kappa shape index (κ3) is 69.8. The first kappa shape index (κ1) is 80.1. The molecule has 0 fully saturated rings. The maximum atomic E-state index is 13.0. The molecule has 0 bridgehead atoms. The highest BCUT2D eigenvalue weighted by Gasteiger charge is 2.19. The molecule has 0 aromatic rings. The van der Waals surface area contributed by atoms with Crippen LogP contribution in [0.3, 0.4) is 0 Å². The largest absolute Gasteiger partial charge is 0.462 e. The summed E-state index contributed by atoms with van der Waals surface area (Å²) >= 11 is 0. The van der Waals surface area contributed by atoms with Gasteiger partial charge in [-0.05, 0) is 77.0 Å². The van der Waals surface area contributed by atoms with Crippen molar-refractivity contribution in [3.8, 4) is 0 Å². The molecule has 0 amide bonds. The quantitative estimate of drug-likeness (QED) is 0.0261. The fourth-order valence-electron chi connectivity index (χ4n) is 11.0. The monoisotopic (exact) mass is 1160 g/mol. The fourth-order valence-corrected chi connectivity index (χ4v) is 11.0. The first-order valence-electron chi connectivity index (χ1n) is 36.8. The van der Waals surface area contributed by atoms with Crippen LogP contribution in [-0.2, 0) is 28.6 Å². The van der Waals surface area contributed by atoms with Crippen LogP contribution in [0.2, 0.25) is 0 Å². The van der Waals surface area contributed by atoms with Gasteiger partial charge in [-0.1, -0.05) is 358 Å². The molecule has 0 aromatic heterocycles. The standard InChI is InChI=1S/C77H140O6/c1-4-7-10-13-16-19-22-24-26-28-30-32-34-36-37-38-39-41-42-44-46-48-50-52-55-58-61-64-67-70-76(79)82-73-74(72-81-75(78)69-66-63-60-57-54-21-18-15-12-9-6-3)83-77(80)71-68-65-62-59-56-53-51-49-47-45-43-40-35-33-31-29-27-25-23-20-17-14-11-8-5-2/h8,11,15,17-18,20,25,27,31,33,74H,4-7,9-10,12-14,16,19,21-24,26,28-30,32,34-73H2,1-3H3/b11-8-,18-15-,20-17-,27-25-,33-31-. The van der Waals surface area contributed by atoms with E-state index in [2.05, 4.69) is 81.5 Å². The van der Waals surface area contributed by atoms with Crippen molar-refractivity contribution in [3.63, 3.8) is 0 Å². The first-order valence-corrected chi connectivity index (χ1v) is 36.8. The van der Waals surface area contributed by atoms with E-state index in [1.165, 1.54) is 263 Å². The molecule has 0 aliphatic heterocycles. The van der Waals surface area contributed by atoms with E-state index in [0.29, 0.717) is 19.3 Å². The van der Waals surface area contributed by atoms with Crippen LogP contribution in [0.4, 0.5) is 0 Å². The van der Waals surface area contributed by atoms with Crippen LogP contribution in [-0.4, -0.2) is 37.2 Å². The summed E-state index contributed by atoms with van der Waals surface area (Å²) in [5.74, 6) is -0.861. The van der Waals surface area contributed by atoms with Gasteiger partial charge < -0.3 is 14.2 Å². The highest BCUT2D eigenvalue weighted by atomic mass is 16.6. The lowest BCUT2D eigenvalue weighted by atomic mass is 10.0. The van der Waals surface area contributed by atoms with Crippen LogP contribution < -0.4 is 0 Å². The highest BCUT2D eigenvalue weighted by molar-refractivity contribution is 5.71. The molecule has 1 unspecified atom stereocenters. The number of hydrogen-bond acceptors (Lipinski definition) is 6. The molecule has 484 valence electrons. The van der Waals surface area contributed by atoms with Gasteiger partial charge in [-0.2, -0.15) is 0 Å². The van der Waals surface area contributed by atoms with Crippen molar-refractivity contribution in [2.75, 3.05) is 13.2 Å². The minimum atomic E-state index is -0.778. The fraction of sp³-hybridized carbons (Fsp3) is 0.831. The molecular weight excluding hydrogens is 1020 g/mol. The Morgan fingerprint density at radius 3 is 0.783 bits per heavy atom. The number of ether oxygens (including phenoxy) is 3. The molecule has 0 radical (unpaired) electrons. The number of rotatable bonds is 68. The average Bonchev–Trinajstić information content (AvgIpc) is 3.48. The summed E-state index contributed by atoms with van der Waals surface area (Å²) in [6.45, 7) is 6.55. The summed E-state index contributed by atoms with van der Waals surface area (Å²) < 4.78 is 17.0. The summed E-state index contributed by atoms with van der Waals surface area (Å²) in [7, 11) is 0. The minimum Gasteiger partial charge on any atom is -0.462 e. The van der Waals surface area contributed by atoms with E-state index in [4.69, 9.17) is 14.2 Å². The molecule has 0 heterocycles. The predicted molar refractivity (Wildman–Crippen MR) is 362 cm³/mol. The van der Waals surface area contributed by atoms with Gasteiger partial charge in [0.15, 0.2) is 6.10 Å². The van der Waals surface area contributed by atoms with Crippen LogP contribution >= 0.6 is 0 Å². The number of carbonyl (C=O) groups excluding carboxylic acids is 3. The Kier molecular flexibility index (Phi) is 69.1. The molecule has 0 saturated carbocycles. The Bertz CT molecular complexity index is 1470. The lowest BCUT2D eigenvalue weighted by Gasteiger charge is -2.18. The molecule has 1 atom stereocenters. The third-order valence-corrected chi connectivity index (χ3v) is 16.5. The van der Waals surface area contributed by atoms with Gasteiger partial charge in [0.25, 0.3) is 0 Å². The van der Waals surface area contributed by atoms with Gasteiger partial charge in [0.1, 0.15) is 13.2 Å². The zero-order valence-electron chi connectivity index (χ0n) is 55.7. The molecule has 0 rings (SSSR count). The number of allylic oxidation sites excluding steroid dienone is 10. The molecule has 83 heavy (non-hydrogen) atoms. The molecule has 6 heteroatoms. The number of esters is 3. The Hall–Kier alpha value is -2.89. The molecule has 0 aromatic carbocycles. The Labute approximate surface area is 517 Å².